The van der Waals surface area contributed by atoms with E-state index in [-0.39, 0.29) is 12.1 Å². The van der Waals surface area contributed by atoms with Crippen molar-refractivity contribution in [1.82, 2.24) is 0 Å². The molecule has 0 N–H and O–H groups in total. The van der Waals surface area contributed by atoms with E-state index in [9.17, 15) is 20.2 Å². The van der Waals surface area contributed by atoms with E-state index in [1.807, 2.05) is 0 Å². The van der Waals surface area contributed by atoms with E-state index in [1.165, 1.54) is 24.3 Å². The Kier molecular flexibility index (Phi) is 2.55. The van der Waals surface area contributed by atoms with Gasteiger partial charge in [-0.1, -0.05) is 6.92 Å². The van der Waals surface area contributed by atoms with Crippen LogP contribution in [0, 0.1) is 20.2 Å². The highest BCUT2D eigenvalue weighted by atomic mass is 16.7. The smallest absolute Gasteiger partial charge is 0.294 e. The number of epoxide rings is 1. The summed E-state index contributed by atoms with van der Waals surface area (Å²) in [4.78, 5) is 20.3. The lowest BCUT2D eigenvalue weighted by molar-refractivity contribution is -0.564. The third-order valence-electron chi connectivity index (χ3n) is 2.90. The molecule has 1 aromatic rings. The van der Waals surface area contributed by atoms with Gasteiger partial charge >= 0.3 is 5.72 Å². The average molecular weight is 238 g/mol. The van der Waals surface area contributed by atoms with Crippen LogP contribution in [0.25, 0.3) is 0 Å². The van der Waals surface area contributed by atoms with Gasteiger partial charge in [-0.2, -0.15) is 0 Å². The van der Waals surface area contributed by atoms with Gasteiger partial charge in [0.2, 0.25) is 0 Å². The standard InChI is InChI=1S/C10H10N2O5/c1-2-10(12(15)16)9(17-10)7-3-5-8(6-4-7)11(13)14/h3-6,9H,2H2,1H3. The number of nitro benzene ring substituents is 1. The number of non-ortho nitro benzene ring substituents is 1. The summed E-state index contributed by atoms with van der Waals surface area (Å²) in [5.41, 5.74) is -0.803. The monoisotopic (exact) mass is 238 g/mol. The highest BCUT2D eigenvalue weighted by molar-refractivity contribution is 5.35. The minimum atomic E-state index is -1.35. The first-order valence-electron chi connectivity index (χ1n) is 5.08. The molecule has 2 unspecified atom stereocenters. The van der Waals surface area contributed by atoms with Gasteiger partial charge in [0.05, 0.1) is 9.85 Å². The largest absolute Gasteiger partial charge is 0.356 e. The number of hydrogen-bond donors (Lipinski definition) is 0. The molecule has 1 saturated heterocycles. The van der Waals surface area contributed by atoms with Gasteiger partial charge in [-0.05, 0) is 17.7 Å². The molecule has 1 aliphatic rings. The molecule has 2 rings (SSSR count). The lowest BCUT2D eigenvalue weighted by Gasteiger charge is -2.00. The summed E-state index contributed by atoms with van der Waals surface area (Å²) < 4.78 is 5.13. The molecular formula is C10H10N2O5. The summed E-state index contributed by atoms with van der Waals surface area (Å²) >= 11 is 0. The Bertz CT molecular complexity index is 472. The molecule has 1 aliphatic heterocycles. The first-order valence-corrected chi connectivity index (χ1v) is 5.08. The van der Waals surface area contributed by atoms with Crippen molar-refractivity contribution in [2.24, 2.45) is 0 Å². The third-order valence-corrected chi connectivity index (χ3v) is 2.90. The third kappa shape index (κ3) is 1.74. The van der Waals surface area contributed by atoms with Crippen molar-refractivity contribution >= 4 is 5.69 Å². The second-order valence-electron chi connectivity index (χ2n) is 3.80. The van der Waals surface area contributed by atoms with Gasteiger partial charge in [-0.15, -0.1) is 0 Å². The fraction of sp³-hybridized carbons (Fsp3) is 0.400. The van der Waals surface area contributed by atoms with Crippen LogP contribution in [0.3, 0.4) is 0 Å². The molecule has 0 aliphatic carbocycles. The Morgan fingerprint density at radius 2 is 1.88 bits per heavy atom. The molecule has 0 spiro atoms. The van der Waals surface area contributed by atoms with E-state index in [4.69, 9.17) is 4.74 Å². The van der Waals surface area contributed by atoms with E-state index < -0.39 is 21.7 Å². The van der Waals surface area contributed by atoms with Crippen LogP contribution in [0.2, 0.25) is 0 Å². The molecular weight excluding hydrogens is 228 g/mol. The predicted molar refractivity (Wildman–Crippen MR) is 56.9 cm³/mol. The Balaban J connectivity index is 2.21. The highest BCUT2D eigenvalue weighted by Crippen LogP contribution is 2.52. The number of nitrogens with zero attached hydrogens (tertiary/aromatic N) is 2. The van der Waals surface area contributed by atoms with Gasteiger partial charge in [0.1, 0.15) is 0 Å². The van der Waals surface area contributed by atoms with Crippen molar-refractivity contribution in [3.8, 4) is 0 Å². The maximum absolute atomic E-state index is 10.8. The van der Waals surface area contributed by atoms with E-state index in [0.717, 1.165) is 0 Å². The lowest BCUT2D eigenvalue weighted by atomic mass is 10.0. The van der Waals surface area contributed by atoms with Crippen molar-refractivity contribution in [3.05, 3.63) is 50.1 Å². The van der Waals surface area contributed by atoms with E-state index in [1.54, 1.807) is 6.92 Å². The summed E-state index contributed by atoms with van der Waals surface area (Å²) in [5, 5.41) is 21.3. The fourth-order valence-corrected chi connectivity index (χ4v) is 1.81. The summed E-state index contributed by atoms with van der Waals surface area (Å²) in [7, 11) is 0. The molecule has 0 bridgehead atoms. The summed E-state index contributed by atoms with van der Waals surface area (Å²) in [6.45, 7) is 1.67. The van der Waals surface area contributed by atoms with Crippen molar-refractivity contribution < 1.29 is 14.6 Å². The minimum Gasteiger partial charge on any atom is -0.294 e. The van der Waals surface area contributed by atoms with Gasteiger partial charge in [-0.3, -0.25) is 25.0 Å². The number of hydrogen-bond acceptors (Lipinski definition) is 5. The molecule has 0 saturated carbocycles. The van der Waals surface area contributed by atoms with Crippen LogP contribution in [-0.2, 0) is 4.74 Å². The van der Waals surface area contributed by atoms with E-state index >= 15 is 0 Å². The normalized spacial score (nSPS) is 26.5. The number of ether oxygens (including phenoxy) is 1. The van der Waals surface area contributed by atoms with Crippen molar-refractivity contribution in [3.63, 3.8) is 0 Å². The molecule has 7 heteroatoms. The van der Waals surface area contributed by atoms with E-state index in [0.29, 0.717) is 5.56 Å². The van der Waals surface area contributed by atoms with Gasteiger partial charge in [0.25, 0.3) is 5.69 Å². The SMILES string of the molecule is CCC1([N+](=O)[O-])OC1c1ccc([N+](=O)[O-])cc1. The van der Waals surface area contributed by atoms with Crippen molar-refractivity contribution in [2.75, 3.05) is 0 Å². The summed E-state index contributed by atoms with van der Waals surface area (Å²) in [5.74, 6) is 0. The second kappa shape index (κ2) is 3.77. The zero-order chi connectivity index (χ0) is 12.6. The highest BCUT2D eigenvalue weighted by Gasteiger charge is 2.68. The molecule has 1 aromatic carbocycles. The van der Waals surface area contributed by atoms with E-state index in [2.05, 4.69) is 0 Å². The van der Waals surface area contributed by atoms with Gasteiger partial charge < -0.3 is 0 Å². The molecule has 0 amide bonds. The number of benzene rings is 1. The Morgan fingerprint density at radius 1 is 1.29 bits per heavy atom. The first kappa shape index (κ1) is 11.5. The Labute approximate surface area is 96.3 Å². The number of rotatable bonds is 4. The molecule has 1 heterocycles. The summed E-state index contributed by atoms with van der Waals surface area (Å²) in [6.07, 6.45) is -0.343. The average Bonchev–Trinajstić information content (AvgIpc) is 3.05. The molecule has 17 heavy (non-hydrogen) atoms. The number of nitro groups is 2. The first-order chi connectivity index (χ1) is 8.01. The molecule has 90 valence electrons. The van der Waals surface area contributed by atoms with Crippen LogP contribution >= 0.6 is 0 Å². The van der Waals surface area contributed by atoms with Crippen LogP contribution in [0.15, 0.2) is 24.3 Å². The predicted octanol–water partition coefficient (Wildman–Crippen LogP) is 2.05. The van der Waals surface area contributed by atoms with Gasteiger partial charge in [0.15, 0.2) is 6.10 Å². The quantitative estimate of drug-likeness (QED) is 0.454. The topological polar surface area (TPSA) is 98.8 Å². The van der Waals surface area contributed by atoms with Crippen LogP contribution in [0.4, 0.5) is 5.69 Å². The zero-order valence-corrected chi connectivity index (χ0v) is 9.03. The molecule has 7 nitrogen and oxygen atoms in total. The fourth-order valence-electron chi connectivity index (χ4n) is 1.81. The molecule has 0 aromatic heterocycles. The Morgan fingerprint density at radius 3 is 2.24 bits per heavy atom. The van der Waals surface area contributed by atoms with Crippen molar-refractivity contribution in [2.45, 2.75) is 25.2 Å². The molecule has 0 radical (unpaired) electrons. The molecule has 2 atom stereocenters. The van der Waals surface area contributed by atoms with Crippen LogP contribution in [0.1, 0.15) is 25.0 Å². The molecule has 1 fully saturated rings. The van der Waals surface area contributed by atoms with Crippen LogP contribution in [0.5, 0.6) is 0 Å². The maximum Gasteiger partial charge on any atom is 0.356 e. The zero-order valence-electron chi connectivity index (χ0n) is 9.03. The van der Waals surface area contributed by atoms with Crippen LogP contribution < -0.4 is 0 Å². The minimum absolute atomic E-state index is 0.0439. The maximum atomic E-state index is 10.8. The van der Waals surface area contributed by atoms with Gasteiger partial charge in [0, 0.05) is 18.6 Å². The Hall–Kier alpha value is -2.02. The van der Waals surface area contributed by atoms with Gasteiger partial charge in [-0.25, -0.2) is 0 Å². The van der Waals surface area contributed by atoms with Crippen LogP contribution in [-0.4, -0.2) is 15.6 Å². The summed E-state index contributed by atoms with van der Waals surface area (Å²) in [6, 6.07) is 5.61. The second-order valence-corrected chi connectivity index (χ2v) is 3.80. The van der Waals surface area contributed by atoms with Crippen molar-refractivity contribution in [1.29, 1.82) is 0 Å². The lowest BCUT2D eigenvalue weighted by Crippen LogP contribution is -2.22.